The molecule has 0 aliphatic heterocycles. The Kier molecular flexibility index (Phi) is 4.05. The third kappa shape index (κ3) is 3.73. The van der Waals surface area contributed by atoms with Crippen LogP contribution in [0.1, 0.15) is 19.4 Å². The van der Waals surface area contributed by atoms with E-state index in [2.05, 4.69) is 5.32 Å². The Morgan fingerprint density at radius 2 is 2.06 bits per heavy atom. The fraction of sp³-hybridized carbons (Fsp3) is 0.333. The van der Waals surface area contributed by atoms with Crippen molar-refractivity contribution in [1.29, 1.82) is 0 Å². The first-order chi connectivity index (χ1) is 7.49. The molecule has 4 nitrogen and oxygen atoms in total. The van der Waals surface area contributed by atoms with Gasteiger partial charge in [-0.1, -0.05) is 12.1 Å². The van der Waals surface area contributed by atoms with E-state index in [4.69, 9.17) is 4.74 Å². The van der Waals surface area contributed by atoms with Gasteiger partial charge in [-0.15, -0.1) is 0 Å². The minimum absolute atomic E-state index is 0.256. The Morgan fingerprint density at radius 1 is 1.38 bits per heavy atom. The van der Waals surface area contributed by atoms with Gasteiger partial charge >= 0.3 is 5.97 Å². The number of hydrogen-bond acceptors (Lipinski definition) is 3. The van der Waals surface area contributed by atoms with Gasteiger partial charge in [-0.3, -0.25) is 4.79 Å². The molecule has 0 fully saturated rings. The van der Waals surface area contributed by atoms with E-state index in [1.54, 1.807) is 25.1 Å². The van der Waals surface area contributed by atoms with Gasteiger partial charge < -0.3 is 10.1 Å². The second-order valence-electron chi connectivity index (χ2n) is 3.66. The molecule has 1 N–H and O–H groups in total. The molecule has 1 atom stereocenters. The van der Waals surface area contributed by atoms with E-state index in [1.807, 2.05) is 13.0 Å². The molecule has 0 saturated carbocycles. The second-order valence-corrected chi connectivity index (χ2v) is 3.66. The summed E-state index contributed by atoms with van der Waals surface area (Å²) >= 11 is 0. The molecule has 1 amide bonds. The third-order valence-electron chi connectivity index (χ3n) is 1.98. The van der Waals surface area contributed by atoms with E-state index in [0.29, 0.717) is 5.75 Å². The molecule has 86 valence electrons. The minimum Gasteiger partial charge on any atom is -0.425 e. The van der Waals surface area contributed by atoms with Gasteiger partial charge in [0, 0.05) is 6.92 Å². The van der Waals surface area contributed by atoms with Crippen molar-refractivity contribution in [3.05, 3.63) is 29.8 Å². The van der Waals surface area contributed by atoms with Crippen LogP contribution in [0.5, 0.6) is 5.75 Å². The zero-order valence-corrected chi connectivity index (χ0v) is 9.61. The summed E-state index contributed by atoms with van der Waals surface area (Å²) in [5, 5.41) is 2.46. The quantitative estimate of drug-likeness (QED) is 0.620. The summed E-state index contributed by atoms with van der Waals surface area (Å²) < 4.78 is 5.10. The summed E-state index contributed by atoms with van der Waals surface area (Å²) in [6, 6.07) is 6.54. The highest BCUT2D eigenvalue weighted by Gasteiger charge is 2.15. The number of amides is 1. The average molecular weight is 221 g/mol. The number of nitrogens with one attached hydrogen (secondary N) is 1. The standard InChI is InChI=1S/C12H15NO3/c1-8-5-4-6-11(7-8)16-12(15)9(2)13-10(3)14/h4-7,9H,1-3H3,(H,13,14). The smallest absolute Gasteiger partial charge is 0.333 e. The molecule has 0 heterocycles. The molecule has 1 aromatic carbocycles. The normalized spacial score (nSPS) is 11.7. The minimum atomic E-state index is -0.641. The summed E-state index contributed by atoms with van der Waals surface area (Å²) in [5.41, 5.74) is 1.01. The van der Waals surface area contributed by atoms with Gasteiger partial charge in [-0.05, 0) is 31.5 Å². The number of ether oxygens (including phenoxy) is 1. The van der Waals surface area contributed by atoms with Gasteiger partial charge in [0.1, 0.15) is 11.8 Å². The molecule has 0 aliphatic rings. The average Bonchev–Trinajstić information content (AvgIpc) is 2.16. The zero-order valence-electron chi connectivity index (χ0n) is 9.61. The van der Waals surface area contributed by atoms with Crippen LogP contribution in [0.3, 0.4) is 0 Å². The van der Waals surface area contributed by atoms with Crippen LogP contribution in [-0.4, -0.2) is 17.9 Å². The first-order valence-electron chi connectivity index (χ1n) is 5.04. The van der Waals surface area contributed by atoms with E-state index in [1.165, 1.54) is 6.92 Å². The lowest BCUT2D eigenvalue weighted by atomic mass is 10.2. The number of carbonyl (C=O) groups excluding carboxylic acids is 2. The van der Waals surface area contributed by atoms with Crippen LogP contribution in [0.25, 0.3) is 0 Å². The van der Waals surface area contributed by atoms with Gasteiger partial charge in [-0.25, -0.2) is 4.79 Å². The number of rotatable bonds is 3. The Morgan fingerprint density at radius 3 is 2.62 bits per heavy atom. The molecule has 0 radical (unpaired) electrons. The van der Waals surface area contributed by atoms with Crippen LogP contribution >= 0.6 is 0 Å². The Bertz CT molecular complexity index is 401. The highest BCUT2D eigenvalue weighted by atomic mass is 16.5. The lowest BCUT2D eigenvalue weighted by Crippen LogP contribution is -2.39. The lowest BCUT2D eigenvalue weighted by molar-refractivity contribution is -0.138. The first kappa shape index (κ1) is 12.2. The number of benzene rings is 1. The van der Waals surface area contributed by atoms with Gasteiger partial charge in [0.2, 0.25) is 5.91 Å². The van der Waals surface area contributed by atoms with Crippen LogP contribution in [0.4, 0.5) is 0 Å². The maximum atomic E-state index is 11.5. The molecule has 0 spiro atoms. The highest BCUT2D eigenvalue weighted by Crippen LogP contribution is 2.12. The second kappa shape index (κ2) is 5.30. The predicted molar refractivity (Wildman–Crippen MR) is 60.1 cm³/mol. The number of carbonyl (C=O) groups is 2. The molecule has 0 saturated heterocycles. The summed E-state index contributed by atoms with van der Waals surface area (Å²) in [5.74, 6) is -0.239. The molecule has 1 unspecified atom stereocenters. The van der Waals surface area contributed by atoms with Crippen LogP contribution in [0, 0.1) is 6.92 Å². The third-order valence-corrected chi connectivity index (χ3v) is 1.98. The Labute approximate surface area is 94.6 Å². The maximum absolute atomic E-state index is 11.5. The van der Waals surface area contributed by atoms with E-state index in [9.17, 15) is 9.59 Å². The van der Waals surface area contributed by atoms with Crippen molar-refractivity contribution in [2.24, 2.45) is 0 Å². The van der Waals surface area contributed by atoms with Crippen molar-refractivity contribution in [1.82, 2.24) is 5.32 Å². The van der Waals surface area contributed by atoms with E-state index in [0.717, 1.165) is 5.56 Å². The summed E-state index contributed by atoms with van der Waals surface area (Å²) in [4.78, 5) is 22.3. The van der Waals surface area contributed by atoms with Crippen molar-refractivity contribution in [2.75, 3.05) is 0 Å². The molecule has 4 heteroatoms. The Hall–Kier alpha value is -1.84. The molecular formula is C12H15NO3. The van der Waals surface area contributed by atoms with Crippen molar-refractivity contribution >= 4 is 11.9 Å². The SMILES string of the molecule is CC(=O)NC(C)C(=O)Oc1cccc(C)c1. The van der Waals surface area contributed by atoms with Crippen molar-refractivity contribution in [2.45, 2.75) is 26.8 Å². The molecular weight excluding hydrogens is 206 g/mol. The van der Waals surface area contributed by atoms with Gasteiger partial charge in [0.25, 0.3) is 0 Å². The summed E-state index contributed by atoms with van der Waals surface area (Å²) in [7, 11) is 0. The van der Waals surface area contributed by atoms with Gasteiger partial charge in [-0.2, -0.15) is 0 Å². The largest absolute Gasteiger partial charge is 0.425 e. The predicted octanol–water partition coefficient (Wildman–Crippen LogP) is 1.43. The van der Waals surface area contributed by atoms with Crippen molar-refractivity contribution < 1.29 is 14.3 Å². The summed E-state index contributed by atoms with van der Waals surface area (Å²) in [6.45, 7) is 4.85. The van der Waals surface area contributed by atoms with E-state index in [-0.39, 0.29) is 5.91 Å². The molecule has 0 aromatic heterocycles. The van der Waals surface area contributed by atoms with Crippen LogP contribution in [0.2, 0.25) is 0 Å². The summed E-state index contributed by atoms with van der Waals surface area (Å²) in [6.07, 6.45) is 0. The molecule has 0 bridgehead atoms. The molecule has 1 aromatic rings. The van der Waals surface area contributed by atoms with Crippen LogP contribution in [0.15, 0.2) is 24.3 Å². The topological polar surface area (TPSA) is 55.4 Å². The van der Waals surface area contributed by atoms with Gasteiger partial charge in [0.15, 0.2) is 0 Å². The van der Waals surface area contributed by atoms with Gasteiger partial charge in [0.05, 0.1) is 0 Å². The monoisotopic (exact) mass is 221 g/mol. The molecule has 16 heavy (non-hydrogen) atoms. The van der Waals surface area contributed by atoms with Crippen LogP contribution in [-0.2, 0) is 9.59 Å². The van der Waals surface area contributed by atoms with E-state index >= 15 is 0 Å². The first-order valence-corrected chi connectivity index (χ1v) is 5.04. The Balaban J connectivity index is 2.60. The lowest BCUT2D eigenvalue weighted by Gasteiger charge is -2.11. The van der Waals surface area contributed by atoms with Crippen molar-refractivity contribution in [3.63, 3.8) is 0 Å². The fourth-order valence-electron chi connectivity index (χ4n) is 1.25. The van der Waals surface area contributed by atoms with E-state index < -0.39 is 12.0 Å². The van der Waals surface area contributed by atoms with Crippen molar-refractivity contribution in [3.8, 4) is 5.75 Å². The molecule has 1 rings (SSSR count). The highest BCUT2D eigenvalue weighted by molar-refractivity contribution is 5.84. The molecule has 0 aliphatic carbocycles. The maximum Gasteiger partial charge on any atom is 0.333 e. The number of aryl methyl sites for hydroxylation is 1. The zero-order chi connectivity index (χ0) is 12.1. The fourth-order valence-corrected chi connectivity index (χ4v) is 1.25. The number of esters is 1. The number of hydrogen-bond donors (Lipinski definition) is 1. The van der Waals surface area contributed by atoms with Crippen LogP contribution < -0.4 is 10.1 Å².